The molecule has 152 valence electrons. The molecule has 0 saturated carbocycles. The summed E-state index contributed by atoms with van der Waals surface area (Å²) in [5.74, 6) is -0.229. The molecule has 2 aromatic rings. The molecule has 1 aliphatic rings. The first kappa shape index (κ1) is 20.1. The molecule has 7 nitrogen and oxygen atoms in total. The Hall–Kier alpha value is -2.62. The van der Waals surface area contributed by atoms with Crippen molar-refractivity contribution in [3.8, 4) is 5.75 Å². The maximum absolute atomic E-state index is 12.8. The molecule has 1 amide bonds. The summed E-state index contributed by atoms with van der Waals surface area (Å²) in [5.41, 5.74) is -0.924. The lowest BCUT2D eigenvalue weighted by Gasteiger charge is -2.34. The van der Waals surface area contributed by atoms with E-state index in [-0.39, 0.29) is 17.4 Å². The van der Waals surface area contributed by atoms with Crippen LogP contribution in [-0.4, -0.2) is 35.6 Å². The average Bonchev–Trinajstić information content (AvgIpc) is 3.12. The average molecular weight is 399 g/mol. The van der Waals surface area contributed by atoms with Crippen LogP contribution in [0.2, 0.25) is 0 Å². The summed E-state index contributed by atoms with van der Waals surface area (Å²) in [7, 11) is 0. The Balaban J connectivity index is 1.85. The van der Waals surface area contributed by atoms with Gasteiger partial charge in [0, 0.05) is 37.5 Å². The molecule has 1 saturated heterocycles. The number of benzene rings is 1. The van der Waals surface area contributed by atoms with Gasteiger partial charge in [0.25, 0.3) is 11.8 Å². The predicted octanol–water partition coefficient (Wildman–Crippen LogP) is 3.53. The summed E-state index contributed by atoms with van der Waals surface area (Å²) in [5, 5.41) is 6.80. The van der Waals surface area contributed by atoms with Gasteiger partial charge < -0.3 is 19.3 Å². The van der Waals surface area contributed by atoms with Crippen molar-refractivity contribution in [2.45, 2.75) is 44.5 Å². The fraction of sp³-hybridized carbons (Fsp3) is 0.500. The van der Waals surface area contributed by atoms with Gasteiger partial charge in [-0.05, 0) is 18.2 Å². The minimum absolute atomic E-state index is 0.0243. The minimum Gasteiger partial charge on any atom is -0.406 e. The van der Waals surface area contributed by atoms with Crippen molar-refractivity contribution in [3.05, 3.63) is 41.5 Å². The van der Waals surface area contributed by atoms with E-state index in [9.17, 15) is 18.0 Å². The SMILES string of the molecule is CC(C)c1noc(C2(NC(=O)c3cccc(OC(F)(F)F)c3)CCOCC2)n1. The molecule has 0 unspecified atom stereocenters. The van der Waals surface area contributed by atoms with Crippen LogP contribution >= 0.6 is 0 Å². The van der Waals surface area contributed by atoms with E-state index in [1.54, 1.807) is 0 Å². The van der Waals surface area contributed by atoms with Crippen LogP contribution in [0.4, 0.5) is 13.2 Å². The summed E-state index contributed by atoms with van der Waals surface area (Å²) in [4.78, 5) is 17.2. The maximum atomic E-state index is 12.8. The molecule has 1 aromatic carbocycles. The lowest BCUT2D eigenvalue weighted by atomic mass is 9.89. The molecule has 3 rings (SSSR count). The molecular formula is C18H20F3N3O4. The Kier molecular flexibility index (Phi) is 5.59. The Morgan fingerprint density at radius 2 is 2.00 bits per heavy atom. The highest BCUT2D eigenvalue weighted by Crippen LogP contribution is 2.32. The second-order valence-electron chi connectivity index (χ2n) is 6.84. The van der Waals surface area contributed by atoms with Crippen molar-refractivity contribution >= 4 is 5.91 Å². The van der Waals surface area contributed by atoms with E-state index in [1.807, 2.05) is 13.8 Å². The molecule has 2 heterocycles. The van der Waals surface area contributed by atoms with E-state index >= 15 is 0 Å². The topological polar surface area (TPSA) is 86.5 Å². The Morgan fingerprint density at radius 1 is 1.29 bits per heavy atom. The quantitative estimate of drug-likeness (QED) is 0.828. The summed E-state index contributed by atoms with van der Waals surface area (Å²) in [6.07, 6.45) is -4.04. The first-order chi connectivity index (χ1) is 13.2. The summed E-state index contributed by atoms with van der Waals surface area (Å²) >= 11 is 0. The summed E-state index contributed by atoms with van der Waals surface area (Å²) in [6.45, 7) is 4.57. The number of nitrogens with one attached hydrogen (secondary N) is 1. The number of ether oxygens (including phenoxy) is 2. The number of amides is 1. The van der Waals surface area contributed by atoms with Crippen LogP contribution in [0.5, 0.6) is 5.75 Å². The minimum atomic E-state index is -4.84. The third kappa shape index (κ3) is 4.61. The number of nitrogens with zero attached hydrogens (tertiary/aromatic N) is 2. The van der Waals surface area contributed by atoms with Crippen LogP contribution in [0, 0.1) is 0 Å². The summed E-state index contributed by atoms with van der Waals surface area (Å²) in [6, 6.07) is 4.87. The lowest BCUT2D eigenvalue weighted by molar-refractivity contribution is -0.274. The van der Waals surface area contributed by atoms with Crippen molar-refractivity contribution in [3.63, 3.8) is 0 Å². The normalized spacial score (nSPS) is 16.8. The molecule has 1 aromatic heterocycles. The zero-order valence-corrected chi connectivity index (χ0v) is 15.4. The molecule has 1 N–H and O–H groups in total. The Bertz CT molecular complexity index is 829. The van der Waals surface area contributed by atoms with Gasteiger partial charge in [-0.25, -0.2) is 0 Å². The highest BCUT2D eigenvalue weighted by atomic mass is 19.4. The van der Waals surface area contributed by atoms with E-state index in [2.05, 4.69) is 20.2 Å². The molecule has 28 heavy (non-hydrogen) atoms. The van der Waals surface area contributed by atoms with Crippen LogP contribution in [0.15, 0.2) is 28.8 Å². The van der Waals surface area contributed by atoms with Gasteiger partial charge in [0.05, 0.1) is 0 Å². The fourth-order valence-electron chi connectivity index (χ4n) is 2.90. The smallest absolute Gasteiger partial charge is 0.406 e. The number of hydrogen-bond acceptors (Lipinski definition) is 6. The van der Waals surface area contributed by atoms with Crippen molar-refractivity contribution in [1.82, 2.24) is 15.5 Å². The molecule has 0 aliphatic carbocycles. The highest BCUT2D eigenvalue weighted by Gasteiger charge is 2.41. The summed E-state index contributed by atoms with van der Waals surface area (Å²) < 4.78 is 51.9. The molecule has 0 radical (unpaired) electrons. The molecule has 0 spiro atoms. The molecule has 10 heteroatoms. The third-order valence-corrected chi connectivity index (χ3v) is 4.40. The van der Waals surface area contributed by atoms with E-state index in [0.29, 0.717) is 31.9 Å². The van der Waals surface area contributed by atoms with E-state index in [4.69, 9.17) is 9.26 Å². The van der Waals surface area contributed by atoms with E-state index in [0.717, 1.165) is 12.1 Å². The van der Waals surface area contributed by atoms with Gasteiger partial charge in [-0.3, -0.25) is 4.79 Å². The fourth-order valence-corrected chi connectivity index (χ4v) is 2.90. The van der Waals surface area contributed by atoms with Crippen LogP contribution in [-0.2, 0) is 10.3 Å². The molecule has 1 aliphatic heterocycles. The highest BCUT2D eigenvalue weighted by molar-refractivity contribution is 5.95. The maximum Gasteiger partial charge on any atom is 0.573 e. The number of halogens is 3. The zero-order chi connectivity index (χ0) is 20.4. The van der Waals surface area contributed by atoms with Crippen LogP contribution in [0.1, 0.15) is 54.7 Å². The van der Waals surface area contributed by atoms with Crippen molar-refractivity contribution in [2.75, 3.05) is 13.2 Å². The number of carbonyl (C=O) groups excluding carboxylic acids is 1. The number of aromatic nitrogens is 2. The molecule has 0 bridgehead atoms. The Morgan fingerprint density at radius 3 is 2.61 bits per heavy atom. The van der Waals surface area contributed by atoms with Crippen LogP contribution < -0.4 is 10.1 Å². The van der Waals surface area contributed by atoms with Crippen molar-refractivity contribution in [2.24, 2.45) is 0 Å². The zero-order valence-electron chi connectivity index (χ0n) is 15.4. The number of hydrogen-bond donors (Lipinski definition) is 1. The number of carbonyl (C=O) groups is 1. The molecule has 1 fully saturated rings. The van der Waals surface area contributed by atoms with E-state index in [1.165, 1.54) is 12.1 Å². The first-order valence-electron chi connectivity index (χ1n) is 8.79. The monoisotopic (exact) mass is 399 g/mol. The van der Waals surface area contributed by atoms with Gasteiger partial charge in [-0.1, -0.05) is 25.1 Å². The van der Waals surface area contributed by atoms with Gasteiger partial charge in [0.1, 0.15) is 11.3 Å². The third-order valence-electron chi connectivity index (χ3n) is 4.40. The number of rotatable bonds is 5. The van der Waals surface area contributed by atoms with E-state index < -0.39 is 23.6 Å². The van der Waals surface area contributed by atoms with Gasteiger partial charge in [0.2, 0.25) is 0 Å². The van der Waals surface area contributed by atoms with Crippen LogP contribution in [0.25, 0.3) is 0 Å². The second-order valence-corrected chi connectivity index (χ2v) is 6.84. The van der Waals surface area contributed by atoms with Gasteiger partial charge in [0.15, 0.2) is 5.82 Å². The molecule has 0 atom stereocenters. The standard InChI is InChI=1S/C18H20F3N3O4/c1-11(2)14-22-16(28-24-14)17(6-8-26-9-7-17)23-15(25)12-4-3-5-13(10-12)27-18(19,20)21/h3-5,10-11H,6-9H2,1-2H3,(H,23,25). The van der Waals surface area contributed by atoms with Gasteiger partial charge in [-0.2, -0.15) is 4.98 Å². The first-order valence-corrected chi connectivity index (χ1v) is 8.79. The predicted molar refractivity (Wildman–Crippen MR) is 90.7 cm³/mol. The van der Waals surface area contributed by atoms with Crippen LogP contribution in [0.3, 0.4) is 0 Å². The number of alkyl halides is 3. The second kappa shape index (κ2) is 7.78. The largest absolute Gasteiger partial charge is 0.573 e. The molecular weight excluding hydrogens is 379 g/mol. The lowest BCUT2D eigenvalue weighted by Crippen LogP contribution is -2.49. The van der Waals surface area contributed by atoms with Gasteiger partial charge in [-0.15, -0.1) is 13.2 Å². The Labute approximate surface area is 159 Å². The van der Waals surface area contributed by atoms with Crippen molar-refractivity contribution < 1.29 is 32.0 Å². The van der Waals surface area contributed by atoms with Crippen molar-refractivity contribution in [1.29, 1.82) is 0 Å². The van der Waals surface area contributed by atoms with Gasteiger partial charge >= 0.3 is 6.36 Å².